The first-order valence-corrected chi connectivity index (χ1v) is 11.0. The van der Waals surface area contributed by atoms with Gasteiger partial charge < -0.3 is 24.5 Å². The van der Waals surface area contributed by atoms with E-state index < -0.39 is 11.8 Å². The van der Waals surface area contributed by atoms with Gasteiger partial charge in [0, 0.05) is 17.1 Å². The van der Waals surface area contributed by atoms with Crippen molar-refractivity contribution in [1.29, 1.82) is 0 Å². The van der Waals surface area contributed by atoms with Gasteiger partial charge in [0.25, 0.3) is 11.8 Å². The lowest BCUT2D eigenvalue weighted by Crippen LogP contribution is -2.34. The Balaban J connectivity index is 1.44. The lowest BCUT2D eigenvalue weighted by atomic mass is 10.1. The minimum absolute atomic E-state index is 0.0969. The molecule has 3 N–H and O–H groups in total. The molecule has 1 heterocycles. The monoisotopic (exact) mass is 489 g/mol. The van der Waals surface area contributed by atoms with E-state index in [0.29, 0.717) is 34.0 Å². The SMILES string of the molecule is COc1cc(NC(=S)NC(=O)c2cccc(C)c2OC)ccc1NC(=O)c1cc2ccccc2o1. The molecule has 4 aromatic rings. The van der Waals surface area contributed by atoms with Crippen LogP contribution in [0.2, 0.25) is 0 Å². The van der Waals surface area contributed by atoms with Crippen molar-refractivity contribution in [1.82, 2.24) is 5.32 Å². The van der Waals surface area contributed by atoms with Crippen molar-refractivity contribution < 1.29 is 23.5 Å². The smallest absolute Gasteiger partial charge is 0.291 e. The second-order valence-corrected chi connectivity index (χ2v) is 7.99. The topological polar surface area (TPSA) is 102 Å². The van der Waals surface area contributed by atoms with Crippen LogP contribution < -0.4 is 25.4 Å². The lowest BCUT2D eigenvalue weighted by Gasteiger charge is -2.15. The van der Waals surface area contributed by atoms with E-state index in [1.54, 1.807) is 42.5 Å². The van der Waals surface area contributed by atoms with E-state index in [1.165, 1.54) is 14.2 Å². The first kappa shape index (κ1) is 23.8. The van der Waals surface area contributed by atoms with Gasteiger partial charge in [-0.15, -0.1) is 0 Å². The maximum atomic E-state index is 12.7. The van der Waals surface area contributed by atoms with Crippen molar-refractivity contribution in [2.75, 3.05) is 24.9 Å². The third-order valence-electron chi connectivity index (χ3n) is 5.24. The van der Waals surface area contributed by atoms with E-state index in [4.69, 9.17) is 26.1 Å². The van der Waals surface area contributed by atoms with Crippen molar-refractivity contribution in [2.24, 2.45) is 0 Å². The number of hydrogen-bond acceptors (Lipinski definition) is 6. The molecule has 0 aliphatic rings. The number of furan rings is 1. The normalized spacial score (nSPS) is 10.5. The molecule has 4 rings (SSSR count). The summed E-state index contributed by atoms with van der Waals surface area (Å²) in [4.78, 5) is 25.4. The number of aryl methyl sites for hydroxylation is 1. The number of para-hydroxylation sites is 2. The summed E-state index contributed by atoms with van der Waals surface area (Å²) in [6, 6.07) is 19.4. The van der Waals surface area contributed by atoms with Crippen molar-refractivity contribution in [2.45, 2.75) is 6.92 Å². The van der Waals surface area contributed by atoms with Crippen LogP contribution >= 0.6 is 12.2 Å². The largest absolute Gasteiger partial charge is 0.496 e. The number of benzene rings is 3. The fourth-order valence-electron chi connectivity index (χ4n) is 3.58. The maximum Gasteiger partial charge on any atom is 0.291 e. The van der Waals surface area contributed by atoms with E-state index in [2.05, 4.69) is 16.0 Å². The first-order chi connectivity index (χ1) is 16.9. The Morgan fingerprint density at radius 2 is 1.69 bits per heavy atom. The Bertz CT molecular complexity index is 1400. The molecule has 0 unspecified atom stereocenters. The van der Waals surface area contributed by atoms with Crippen molar-refractivity contribution in [3.63, 3.8) is 0 Å². The molecule has 8 nitrogen and oxygen atoms in total. The van der Waals surface area contributed by atoms with Crippen LogP contribution in [0, 0.1) is 6.92 Å². The number of amides is 2. The van der Waals surface area contributed by atoms with Gasteiger partial charge in [0.1, 0.15) is 17.1 Å². The van der Waals surface area contributed by atoms with Gasteiger partial charge in [-0.25, -0.2) is 0 Å². The van der Waals surface area contributed by atoms with Crippen LogP contribution in [-0.4, -0.2) is 31.1 Å². The van der Waals surface area contributed by atoms with Crippen LogP contribution in [0.1, 0.15) is 26.5 Å². The van der Waals surface area contributed by atoms with Crippen LogP contribution in [0.3, 0.4) is 0 Å². The van der Waals surface area contributed by atoms with E-state index in [9.17, 15) is 9.59 Å². The van der Waals surface area contributed by atoms with Crippen LogP contribution in [0.15, 0.2) is 71.1 Å². The van der Waals surface area contributed by atoms with Crippen LogP contribution in [0.5, 0.6) is 11.5 Å². The zero-order chi connectivity index (χ0) is 24.9. The average molecular weight is 490 g/mol. The summed E-state index contributed by atoms with van der Waals surface area (Å²) in [5, 5.41) is 9.31. The highest BCUT2D eigenvalue weighted by Gasteiger charge is 2.17. The summed E-state index contributed by atoms with van der Waals surface area (Å²) in [7, 11) is 3.00. The highest BCUT2D eigenvalue weighted by Crippen LogP contribution is 2.29. The first-order valence-electron chi connectivity index (χ1n) is 10.6. The van der Waals surface area contributed by atoms with E-state index in [0.717, 1.165) is 10.9 Å². The number of carbonyl (C=O) groups excluding carboxylic acids is 2. The zero-order valence-electron chi connectivity index (χ0n) is 19.3. The quantitative estimate of drug-likeness (QED) is 0.323. The summed E-state index contributed by atoms with van der Waals surface area (Å²) in [5.74, 6) is 0.263. The molecule has 0 radical (unpaired) electrons. The minimum atomic E-state index is -0.407. The van der Waals surface area contributed by atoms with Crippen LogP contribution in [0.25, 0.3) is 11.0 Å². The third kappa shape index (κ3) is 5.25. The summed E-state index contributed by atoms with van der Waals surface area (Å²) in [6.07, 6.45) is 0. The van der Waals surface area contributed by atoms with Crippen molar-refractivity contribution >= 4 is 51.5 Å². The second kappa shape index (κ2) is 10.3. The van der Waals surface area contributed by atoms with E-state index in [-0.39, 0.29) is 10.9 Å². The third-order valence-corrected chi connectivity index (χ3v) is 5.45. The maximum absolute atomic E-state index is 12.7. The van der Waals surface area contributed by atoms with Gasteiger partial charge in [0.2, 0.25) is 0 Å². The highest BCUT2D eigenvalue weighted by molar-refractivity contribution is 7.80. The molecule has 0 aliphatic heterocycles. The Labute approximate surface area is 207 Å². The molecule has 0 saturated heterocycles. The number of anilines is 2. The Morgan fingerprint density at radius 3 is 2.43 bits per heavy atom. The summed E-state index contributed by atoms with van der Waals surface area (Å²) >= 11 is 5.30. The molecule has 0 fully saturated rings. The molecule has 0 bridgehead atoms. The van der Waals surface area contributed by atoms with Gasteiger partial charge in [-0.1, -0.05) is 30.3 Å². The molecule has 178 valence electrons. The molecule has 2 amide bonds. The molecule has 1 aromatic heterocycles. The predicted octanol–water partition coefficient (Wildman–Crippen LogP) is 5.14. The fourth-order valence-corrected chi connectivity index (χ4v) is 3.80. The molecule has 0 saturated carbocycles. The summed E-state index contributed by atoms with van der Waals surface area (Å²) < 4.78 is 16.4. The minimum Gasteiger partial charge on any atom is -0.496 e. The number of ether oxygens (including phenoxy) is 2. The second-order valence-electron chi connectivity index (χ2n) is 7.58. The summed E-state index contributed by atoms with van der Waals surface area (Å²) in [5.41, 5.74) is 2.85. The number of rotatable bonds is 6. The summed E-state index contributed by atoms with van der Waals surface area (Å²) in [6.45, 7) is 1.85. The van der Waals surface area contributed by atoms with E-state index >= 15 is 0 Å². The van der Waals surface area contributed by atoms with Crippen molar-refractivity contribution in [3.05, 3.63) is 83.6 Å². The zero-order valence-corrected chi connectivity index (χ0v) is 20.1. The molecule has 3 aromatic carbocycles. The van der Waals surface area contributed by atoms with E-state index in [1.807, 2.05) is 31.2 Å². The molecule has 35 heavy (non-hydrogen) atoms. The Hall–Kier alpha value is -4.37. The number of hydrogen-bond donors (Lipinski definition) is 3. The van der Waals surface area contributed by atoms with Gasteiger partial charge in [0.05, 0.1) is 25.5 Å². The molecule has 9 heteroatoms. The molecule has 0 spiro atoms. The van der Waals surface area contributed by atoms with Gasteiger partial charge in [-0.3, -0.25) is 14.9 Å². The number of thiocarbonyl (C=S) groups is 1. The number of fused-ring (bicyclic) bond motifs is 1. The number of carbonyl (C=O) groups is 2. The predicted molar refractivity (Wildman–Crippen MR) is 139 cm³/mol. The fraction of sp³-hybridized carbons (Fsp3) is 0.115. The Morgan fingerprint density at radius 1 is 0.886 bits per heavy atom. The number of methoxy groups -OCH3 is 2. The molecular weight excluding hydrogens is 466 g/mol. The molecule has 0 atom stereocenters. The van der Waals surface area contributed by atoms with Gasteiger partial charge in [-0.05, 0) is 55.0 Å². The van der Waals surface area contributed by atoms with Crippen LogP contribution in [-0.2, 0) is 0 Å². The van der Waals surface area contributed by atoms with Gasteiger partial charge in [0.15, 0.2) is 10.9 Å². The molecular formula is C26H23N3O5S. The van der Waals surface area contributed by atoms with Gasteiger partial charge in [-0.2, -0.15) is 0 Å². The number of nitrogens with one attached hydrogen (secondary N) is 3. The Kier molecular flexibility index (Phi) is 6.98. The highest BCUT2D eigenvalue weighted by atomic mass is 32.1. The molecule has 0 aliphatic carbocycles. The van der Waals surface area contributed by atoms with Crippen molar-refractivity contribution in [3.8, 4) is 11.5 Å². The lowest BCUT2D eigenvalue weighted by molar-refractivity contribution is 0.0972. The average Bonchev–Trinajstić information content (AvgIpc) is 3.29. The van der Waals surface area contributed by atoms with Gasteiger partial charge >= 0.3 is 0 Å². The van der Waals surface area contributed by atoms with Crippen LogP contribution in [0.4, 0.5) is 11.4 Å². The standard InChI is InChI=1S/C26H23N3O5S/c1-15-7-6-9-18(23(15)33-3)24(30)29-26(35)27-17-11-12-19(21(14-17)32-2)28-25(31)22-13-16-8-4-5-10-20(16)34-22/h4-14H,1-3H3,(H,28,31)(H2,27,29,30,35).